The Balaban J connectivity index is 2.04. The van der Waals surface area contributed by atoms with Crippen LogP contribution in [0.5, 0.6) is 0 Å². The SMILES string of the molecule is CC1(C)CBB(c2ccc(Cl)nc2)OC1. The molecule has 15 heavy (non-hydrogen) atoms. The molecule has 1 aromatic heterocycles. The first-order chi connectivity index (χ1) is 7.07. The van der Waals surface area contributed by atoms with Gasteiger partial charge in [-0.15, -0.1) is 0 Å². The summed E-state index contributed by atoms with van der Waals surface area (Å²) in [6.45, 7) is 5.50. The van der Waals surface area contributed by atoms with Gasteiger partial charge in [-0.25, -0.2) is 4.98 Å². The molecule has 0 amide bonds. The number of nitrogens with zero attached hydrogens (tertiary/aromatic N) is 1. The number of rotatable bonds is 1. The van der Waals surface area contributed by atoms with Gasteiger partial charge in [0.15, 0.2) is 0 Å². The maximum Gasteiger partial charge on any atom is 0.284 e. The van der Waals surface area contributed by atoms with Crippen molar-refractivity contribution in [2.45, 2.75) is 20.2 Å². The molecule has 2 heterocycles. The van der Waals surface area contributed by atoms with E-state index < -0.39 is 0 Å². The second-order valence-electron chi connectivity index (χ2n) is 4.92. The molecule has 0 spiro atoms. The van der Waals surface area contributed by atoms with Crippen molar-refractivity contribution < 1.29 is 4.65 Å². The van der Waals surface area contributed by atoms with Gasteiger partial charge in [-0.1, -0.05) is 37.8 Å². The third-order valence-electron chi connectivity index (χ3n) is 2.88. The van der Waals surface area contributed by atoms with Crippen LogP contribution in [0.25, 0.3) is 0 Å². The largest absolute Gasteiger partial charge is 0.438 e. The fourth-order valence-electron chi connectivity index (χ4n) is 1.84. The van der Waals surface area contributed by atoms with E-state index in [9.17, 15) is 0 Å². The first-order valence-corrected chi connectivity index (χ1v) is 5.68. The summed E-state index contributed by atoms with van der Waals surface area (Å²) in [7, 11) is 1.07. The molecule has 0 radical (unpaired) electrons. The summed E-state index contributed by atoms with van der Waals surface area (Å²) < 4.78 is 5.84. The Bertz CT molecular complexity index is 332. The van der Waals surface area contributed by atoms with Gasteiger partial charge in [-0.2, -0.15) is 0 Å². The summed E-state index contributed by atoms with van der Waals surface area (Å²) in [6.07, 6.45) is 3.01. The molecule has 2 nitrogen and oxygen atoms in total. The predicted molar refractivity (Wildman–Crippen MR) is 66.3 cm³/mol. The monoisotopic (exact) mass is 221 g/mol. The van der Waals surface area contributed by atoms with E-state index in [1.54, 1.807) is 0 Å². The van der Waals surface area contributed by atoms with Gasteiger partial charge < -0.3 is 4.65 Å². The zero-order chi connectivity index (χ0) is 10.9. The first kappa shape index (κ1) is 11.0. The molecule has 78 valence electrons. The molecule has 0 bridgehead atoms. The van der Waals surface area contributed by atoms with Crippen molar-refractivity contribution in [1.29, 1.82) is 0 Å². The summed E-state index contributed by atoms with van der Waals surface area (Å²) in [5.41, 5.74) is 1.45. The van der Waals surface area contributed by atoms with Crippen LogP contribution in [0.15, 0.2) is 18.3 Å². The molecular weight excluding hydrogens is 207 g/mol. The average Bonchev–Trinajstić information content (AvgIpc) is 2.20. The molecule has 1 aromatic rings. The summed E-state index contributed by atoms with van der Waals surface area (Å²) in [6, 6.07) is 3.82. The van der Waals surface area contributed by atoms with E-state index in [0.717, 1.165) is 19.2 Å². The van der Waals surface area contributed by atoms with E-state index >= 15 is 0 Å². The van der Waals surface area contributed by atoms with Crippen molar-refractivity contribution >= 4 is 31.0 Å². The predicted octanol–water partition coefficient (Wildman–Crippen LogP) is 1.34. The molecule has 0 atom stereocenters. The van der Waals surface area contributed by atoms with Gasteiger partial charge in [0.25, 0.3) is 6.81 Å². The third-order valence-corrected chi connectivity index (χ3v) is 3.10. The molecule has 0 aliphatic carbocycles. The maximum atomic E-state index is 5.84. The van der Waals surface area contributed by atoms with Crippen molar-refractivity contribution in [3.63, 3.8) is 0 Å². The van der Waals surface area contributed by atoms with Gasteiger partial charge >= 0.3 is 0 Å². The Morgan fingerprint density at radius 3 is 2.87 bits per heavy atom. The van der Waals surface area contributed by atoms with Crippen molar-refractivity contribution in [2.24, 2.45) is 5.41 Å². The minimum Gasteiger partial charge on any atom is -0.438 e. The van der Waals surface area contributed by atoms with Crippen LogP contribution in [0.4, 0.5) is 0 Å². The molecular formula is C10H14B2ClNO. The number of halogens is 1. The number of pyridine rings is 1. The molecule has 0 saturated carbocycles. The van der Waals surface area contributed by atoms with Crippen LogP contribution < -0.4 is 5.46 Å². The topological polar surface area (TPSA) is 22.1 Å². The Morgan fingerprint density at radius 1 is 1.53 bits per heavy atom. The second kappa shape index (κ2) is 4.18. The Hall–Kier alpha value is -0.470. The smallest absolute Gasteiger partial charge is 0.284 e. The summed E-state index contributed by atoms with van der Waals surface area (Å²) in [4.78, 5) is 4.08. The Labute approximate surface area is 96.7 Å². The molecule has 0 N–H and O–H groups in total. The van der Waals surface area contributed by atoms with Crippen LogP contribution in [0.1, 0.15) is 13.8 Å². The van der Waals surface area contributed by atoms with E-state index in [-0.39, 0.29) is 6.81 Å². The van der Waals surface area contributed by atoms with Gasteiger partial charge in [0.2, 0.25) is 0 Å². The highest BCUT2D eigenvalue weighted by Crippen LogP contribution is 2.25. The van der Waals surface area contributed by atoms with Crippen LogP contribution in [0, 0.1) is 5.41 Å². The maximum absolute atomic E-state index is 5.84. The molecule has 1 saturated heterocycles. The fourth-order valence-corrected chi connectivity index (χ4v) is 1.96. The van der Waals surface area contributed by atoms with Crippen LogP contribution >= 0.6 is 11.6 Å². The van der Waals surface area contributed by atoms with Crippen molar-refractivity contribution in [3.8, 4) is 0 Å². The number of hydrogen-bond donors (Lipinski definition) is 0. The van der Waals surface area contributed by atoms with E-state index in [0.29, 0.717) is 10.6 Å². The van der Waals surface area contributed by atoms with E-state index in [4.69, 9.17) is 16.3 Å². The quantitative estimate of drug-likeness (QED) is 0.527. The van der Waals surface area contributed by atoms with Crippen LogP contribution in [-0.4, -0.2) is 25.6 Å². The lowest BCUT2D eigenvalue weighted by molar-refractivity contribution is 0.196. The number of hydrogen-bond acceptors (Lipinski definition) is 2. The lowest BCUT2D eigenvalue weighted by atomic mass is 9.26. The molecule has 0 unspecified atom stereocenters. The lowest BCUT2D eigenvalue weighted by Crippen LogP contribution is -2.48. The molecule has 1 fully saturated rings. The first-order valence-electron chi connectivity index (χ1n) is 5.30. The van der Waals surface area contributed by atoms with Crippen LogP contribution in [0.3, 0.4) is 0 Å². The summed E-state index contributed by atoms with van der Waals surface area (Å²) in [5.74, 6) is 0. The van der Waals surface area contributed by atoms with Crippen molar-refractivity contribution in [3.05, 3.63) is 23.5 Å². The third kappa shape index (κ3) is 2.76. The Kier molecular flexibility index (Phi) is 3.08. The number of aromatic nitrogens is 1. The van der Waals surface area contributed by atoms with Crippen LogP contribution in [-0.2, 0) is 4.65 Å². The summed E-state index contributed by atoms with van der Waals surface area (Å²) in [5, 5.41) is 0.537. The molecule has 1 aliphatic rings. The minimum absolute atomic E-state index is 0.197. The zero-order valence-corrected chi connectivity index (χ0v) is 9.92. The van der Waals surface area contributed by atoms with E-state index in [1.165, 1.54) is 6.32 Å². The van der Waals surface area contributed by atoms with Gasteiger partial charge in [-0.05, 0) is 16.9 Å². The molecule has 1 aliphatic heterocycles. The average molecular weight is 221 g/mol. The highest BCUT2D eigenvalue weighted by Gasteiger charge is 2.32. The Morgan fingerprint density at radius 2 is 2.33 bits per heavy atom. The summed E-state index contributed by atoms with van der Waals surface area (Å²) >= 11 is 5.74. The fraction of sp³-hybridized carbons (Fsp3) is 0.500. The zero-order valence-electron chi connectivity index (χ0n) is 9.16. The van der Waals surface area contributed by atoms with Gasteiger partial charge in [0, 0.05) is 12.8 Å². The van der Waals surface area contributed by atoms with Crippen molar-refractivity contribution in [1.82, 2.24) is 4.98 Å². The van der Waals surface area contributed by atoms with Gasteiger partial charge in [0.1, 0.15) is 12.3 Å². The minimum atomic E-state index is 0.197. The molecule has 0 aromatic carbocycles. The molecule has 2 rings (SSSR count). The molecule has 5 heteroatoms. The van der Waals surface area contributed by atoms with Gasteiger partial charge in [0.05, 0.1) is 0 Å². The van der Waals surface area contributed by atoms with E-state index in [2.05, 4.69) is 18.8 Å². The van der Waals surface area contributed by atoms with Crippen molar-refractivity contribution in [2.75, 3.05) is 6.61 Å². The highest BCUT2D eigenvalue weighted by atomic mass is 35.5. The second-order valence-corrected chi connectivity index (χ2v) is 5.30. The van der Waals surface area contributed by atoms with E-state index in [1.807, 2.05) is 18.3 Å². The van der Waals surface area contributed by atoms with Crippen LogP contribution in [0.2, 0.25) is 11.5 Å². The standard InChI is InChI=1S/C10H14B2ClNO/c1-10(2)6-11-12(15-7-10)8-3-4-9(13)14-5-8/h3-5,11H,6-7H2,1-2H3. The highest BCUT2D eigenvalue weighted by molar-refractivity contribution is 7.16. The lowest BCUT2D eigenvalue weighted by Gasteiger charge is -2.32. The normalized spacial score (nSPS) is 19.8. The van der Waals surface area contributed by atoms with Gasteiger partial charge in [-0.3, -0.25) is 0 Å².